The number of benzene rings is 2. The van der Waals surface area contributed by atoms with Gasteiger partial charge in [-0.3, -0.25) is 4.79 Å². The number of nitrogens with zero attached hydrogens (tertiary/aromatic N) is 3. The topological polar surface area (TPSA) is 101 Å². The third-order valence-corrected chi connectivity index (χ3v) is 4.55. The lowest BCUT2D eigenvalue weighted by Crippen LogP contribution is -2.19. The predicted molar refractivity (Wildman–Crippen MR) is 113 cm³/mol. The molecule has 2 aromatic heterocycles. The lowest BCUT2D eigenvalue weighted by atomic mass is 10.1. The predicted octanol–water partition coefficient (Wildman–Crippen LogP) is 3.30. The van der Waals surface area contributed by atoms with Crippen LogP contribution in [0, 0.1) is 11.3 Å². The lowest BCUT2D eigenvalue weighted by Gasteiger charge is -2.02. The Labute approximate surface area is 171 Å². The molecule has 146 valence electrons. The molecular formula is C23H16N4O3. The van der Waals surface area contributed by atoms with Gasteiger partial charge in [0.15, 0.2) is 0 Å². The molecule has 1 N–H and O–H groups in total. The summed E-state index contributed by atoms with van der Waals surface area (Å²) in [4.78, 5) is 24.7. The molecule has 2 heterocycles. The van der Waals surface area contributed by atoms with Gasteiger partial charge in [-0.1, -0.05) is 36.4 Å². The zero-order valence-corrected chi connectivity index (χ0v) is 16.0. The highest BCUT2D eigenvalue weighted by Crippen LogP contribution is 2.26. The number of carbonyl (C=O) groups is 1. The van der Waals surface area contributed by atoms with Crippen LogP contribution in [0.3, 0.4) is 0 Å². The zero-order valence-electron chi connectivity index (χ0n) is 16.0. The van der Waals surface area contributed by atoms with Crippen molar-refractivity contribution < 1.29 is 9.21 Å². The van der Waals surface area contributed by atoms with E-state index in [1.807, 2.05) is 48.5 Å². The summed E-state index contributed by atoms with van der Waals surface area (Å²) in [7, 11) is 1.44. The van der Waals surface area contributed by atoms with Crippen molar-refractivity contribution >= 4 is 23.0 Å². The largest absolute Gasteiger partial charge is 0.422 e. The molecule has 4 aromatic rings. The van der Waals surface area contributed by atoms with Crippen LogP contribution in [0.25, 0.3) is 34.0 Å². The Balaban J connectivity index is 1.97. The summed E-state index contributed by atoms with van der Waals surface area (Å²) in [5, 5.41) is 17.1. The van der Waals surface area contributed by atoms with Crippen LogP contribution in [0.1, 0.15) is 5.56 Å². The van der Waals surface area contributed by atoms with E-state index in [2.05, 4.69) is 10.4 Å². The molecule has 7 nitrogen and oxygen atoms in total. The van der Waals surface area contributed by atoms with Gasteiger partial charge in [0.2, 0.25) is 0 Å². The monoisotopic (exact) mass is 396 g/mol. The second-order valence-electron chi connectivity index (χ2n) is 6.45. The average molecular weight is 396 g/mol. The van der Waals surface area contributed by atoms with Gasteiger partial charge in [0.1, 0.15) is 22.9 Å². The Morgan fingerprint density at radius 3 is 2.63 bits per heavy atom. The average Bonchev–Trinajstić information content (AvgIpc) is 3.20. The smallest absolute Gasteiger partial charge is 0.345 e. The lowest BCUT2D eigenvalue weighted by molar-refractivity contribution is -0.116. The summed E-state index contributed by atoms with van der Waals surface area (Å²) in [6, 6.07) is 20.1. The van der Waals surface area contributed by atoms with E-state index in [0.717, 1.165) is 11.1 Å². The van der Waals surface area contributed by atoms with Crippen LogP contribution in [0.2, 0.25) is 0 Å². The molecule has 30 heavy (non-hydrogen) atoms. The first-order valence-corrected chi connectivity index (χ1v) is 9.13. The number of hydrogen-bond donors (Lipinski definition) is 1. The molecule has 0 aliphatic heterocycles. The van der Waals surface area contributed by atoms with E-state index < -0.39 is 11.5 Å². The summed E-state index contributed by atoms with van der Waals surface area (Å²) in [5.74, 6) is -0.526. The molecule has 7 heteroatoms. The Hall–Kier alpha value is -4.44. The summed E-state index contributed by atoms with van der Waals surface area (Å²) in [6.45, 7) is 0. The highest BCUT2D eigenvalue weighted by Gasteiger charge is 2.18. The van der Waals surface area contributed by atoms with Crippen molar-refractivity contribution in [3.05, 3.63) is 88.4 Å². The van der Waals surface area contributed by atoms with E-state index in [4.69, 9.17) is 4.42 Å². The fourth-order valence-corrected chi connectivity index (χ4v) is 3.08. The Morgan fingerprint density at radius 1 is 1.17 bits per heavy atom. The second kappa shape index (κ2) is 7.89. The molecule has 0 aliphatic rings. The van der Waals surface area contributed by atoms with Crippen LogP contribution in [0.5, 0.6) is 0 Å². The first-order valence-electron chi connectivity index (χ1n) is 9.13. The van der Waals surface area contributed by atoms with Crippen LogP contribution in [-0.4, -0.2) is 22.7 Å². The van der Waals surface area contributed by atoms with Crippen LogP contribution < -0.4 is 10.9 Å². The number of nitrogens with one attached hydrogen (secondary N) is 1. The van der Waals surface area contributed by atoms with Crippen molar-refractivity contribution in [1.29, 1.82) is 5.26 Å². The maximum Gasteiger partial charge on any atom is 0.345 e. The Bertz CT molecular complexity index is 1380. The fourth-order valence-electron chi connectivity index (χ4n) is 3.08. The van der Waals surface area contributed by atoms with Gasteiger partial charge in [-0.15, -0.1) is 0 Å². The van der Waals surface area contributed by atoms with Gasteiger partial charge in [0, 0.05) is 24.2 Å². The fraction of sp³-hybridized carbons (Fsp3) is 0.0435. The van der Waals surface area contributed by atoms with Gasteiger partial charge in [-0.2, -0.15) is 10.4 Å². The number of hydrogen-bond acceptors (Lipinski definition) is 5. The minimum atomic E-state index is -0.555. The molecule has 0 atom stereocenters. The van der Waals surface area contributed by atoms with Crippen molar-refractivity contribution in [3.63, 3.8) is 0 Å². The number of rotatable bonds is 4. The van der Waals surface area contributed by atoms with Gasteiger partial charge >= 0.3 is 5.63 Å². The maximum atomic E-state index is 12.7. The van der Waals surface area contributed by atoms with E-state index in [1.165, 1.54) is 13.1 Å². The van der Waals surface area contributed by atoms with Crippen molar-refractivity contribution in [2.24, 2.45) is 0 Å². The third kappa shape index (κ3) is 3.50. The molecule has 0 radical (unpaired) electrons. The van der Waals surface area contributed by atoms with E-state index in [9.17, 15) is 14.9 Å². The number of amides is 1. The van der Waals surface area contributed by atoms with Gasteiger partial charge in [-0.25, -0.2) is 9.48 Å². The number of likely N-dealkylation sites (N-methyl/N-ethyl adjacent to an activating group) is 1. The number of carbonyl (C=O) groups excluding carboxylic acids is 1. The molecule has 0 saturated heterocycles. The standard InChI is InChI=1S/C23H16N4O3/c1-25-22(28)16(13-24)11-17-14-27(18-8-3-2-4-9-18)26-21(17)19-12-15-7-5-6-10-20(15)30-23(19)29/h2-12,14H,1H3,(H,25,28). The Morgan fingerprint density at radius 2 is 1.90 bits per heavy atom. The maximum absolute atomic E-state index is 12.7. The number of para-hydroxylation sites is 2. The van der Waals surface area contributed by atoms with Gasteiger partial charge in [-0.05, 0) is 30.3 Å². The van der Waals surface area contributed by atoms with Crippen molar-refractivity contribution in [1.82, 2.24) is 15.1 Å². The SMILES string of the molecule is CNC(=O)C(C#N)=Cc1cn(-c2ccccc2)nc1-c1cc2ccccc2oc1=O. The van der Waals surface area contributed by atoms with E-state index in [1.54, 1.807) is 29.1 Å². The summed E-state index contributed by atoms with van der Waals surface area (Å²) < 4.78 is 7.04. The molecule has 4 rings (SSSR count). The van der Waals surface area contributed by atoms with Crippen LogP contribution in [0.4, 0.5) is 0 Å². The molecular weight excluding hydrogens is 380 g/mol. The molecule has 0 saturated carbocycles. The first-order chi connectivity index (χ1) is 14.6. The molecule has 0 spiro atoms. The normalized spacial score (nSPS) is 11.3. The zero-order chi connectivity index (χ0) is 21.1. The van der Waals surface area contributed by atoms with E-state index in [0.29, 0.717) is 16.8 Å². The number of nitriles is 1. The van der Waals surface area contributed by atoms with Crippen molar-refractivity contribution in [3.8, 4) is 23.0 Å². The van der Waals surface area contributed by atoms with Gasteiger partial charge < -0.3 is 9.73 Å². The van der Waals surface area contributed by atoms with Crippen molar-refractivity contribution in [2.45, 2.75) is 0 Å². The summed E-state index contributed by atoms with van der Waals surface area (Å²) in [5.41, 5.74) is 1.58. The minimum absolute atomic E-state index is 0.100. The quantitative estimate of drug-likeness (QED) is 0.324. The van der Waals surface area contributed by atoms with E-state index in [-0.39, 0.29) is 11.1 Å². The van der Waals surface area contributed by atoms with Crippen molar-refractivity contribution in [2.75, 3.05) is 7.05 Å². The van der Waals surface area contributed by atoms with Gasteiger partial charge in [0.05, 0.1) is 11.3 Å². The second-order valence-corrected chi connectivity index (χ2v) is 6.45. The number of fused-ring (bicyclic) bond motifs is 1. The summed E-state index contributed by atoms with van der Waals surface area (Å²) >= 11 is 0. The summed E-state index contributed by atoms with van der Waals surface area (Å²) in [6.07, 6.45) is 3.08. The molecule has 0 unspecified atom stereocenters. The molecule has 0 aliphatic carbocycles. The molecule has 2 aromatic carbocycles. The highest BCUT2D eigenvalue weighted by molar-refractivity contribution is 6.02. The highest BCUT2D eigenvalue weighted by atomic mass is 16.4. The molecule has 1 amide bonds. The molecule has 0 fully saturated rings. The van der Waals surface area contributed by atoms with Gasteiger partial charge in [0.25, 0.3) is 5.91 Å². The van der Waals surface area contributed by atoms with Crippen LogP contribution in [-0.2, 0) is 4.79 Å². The minimum Gasteiger partial charge on any atom is -0.422 e. The first kappa shape index (κ1) is 18.9. The van der Waals surface area contributed by atoms with Crippen LogP contribution >= 0.6 is 0 Å². The third-order valence-electron chi connectivity index (χ3n) is 4.55. The number of aromatic nitrogens is 2. The Kier molecular flexibility index (Phi) is 4.97. The molecule has 0 bridgehead atoms. The van der Waals surface area contributed by atoms with Crippen LogP contribution in [0.15, 0.2) is 81.6 Å². The van der Waals surface area contributed by atoms with E-state index >= 15 is 0 Å².